The standard InChI is InChI=1S/C20H28N4O2/c1-2-3-15-26-17-10-8-16(9-11-17)20(25)21-13-12-19-23-22-18-7-5-4-6-14-24(18)19/h8-11H,2-7,12-15H2,1H3,(H,21,25). The van der Waals surface area contributed by atoms with Crippen molar-refractivity contribution in [3.05, 3.63) is 41.5 Å². The number of aromatic nitrogens is 3. The molecule has 2 heterocycles. The summed E-state index contributed by atoms with van der Waals surface area (Å²) in [6.07, 6.45) is 7.47. The van der Waals surface area contributed by atoms with E-state index < -0.39 is 0 Å². The van der Waals surface area contributed by atoms with Crippen LogP contribution in [0.3, 0.4) is 0 Å². The predicted octanol–water partition coefficient (Wildman–Crippen LogP) is 3.16. The third-order valence-corrected chi connectivity index (χ3v) is 4.70. The summed E-state index contributed by atoms with van der Waals surface area (Å²) in [4.78, 5) is 12.3. The van der Waals surface area contributed by atoms with Crippen molar-refractivity contribution in [2.75, 3.05) is 13.2 Å². The summed E-state index contributed by atoms with van der Waals surface area (Å²) in [5.41, 5.74) is 0.646. The molecule has 6 heteroatoms. The second-order valence-electron chi connectivity index (χ2n) is 6.73. The Morgan fingerprint density at radius 2 is 2.04 bits per heavy atom. The van der Waals surface area contributed by atoms with Crippen molar-refractivity contribution in [1.82, 2.24) is 20.1 Å². The molecule has 6 nitrogen and oxygen atoms in total. The third-order valence-electron chi connectivity index (χ3n) is 4.70. The summed E-state index contributed by atoms with van der Waals surface area (Å²) in [5.74, 6) is 2.80. The first-order chi connectivity index (χ1) is 12.8. The van der Waals surface area contributed by atoms with Crippen LogP contribution in [-0.4, -0.2) is 33.8 Å². The van der Waals surface area contributed by atoms with Crippen molar-refractivity contribution in [2.45, 2.75) is 58.4 Å². The van der Waals surface area contributed by atoms with Gasteiger partial charge in [-0.05, 0) is 43.5 Å². The molecule has 2 aromatic rings. The lowest BCUT2D eigenvalue weighted by atomic mass is 10.2. The fourth-order valence-electron chi connectivity index (χ4n) is 3.16. The average Bonchev–Trinajstić information content (AvgIpc) is 2.89. The number of benzene rings is 1. The number of carbonyl (C=O) groups is 1. The van der Waals surface area contributed by atoms with Crippen LogP contribution >= 0.6 is 0 Å². The molecule has 1 aromatic heterocycles. The van der Waals surface area contributed by atoms with E-state index in [9.17, 15) is 4.79 Å². The molecule has 0 saturated carbocycles. The summed E-state index contributed by atoms with van der Waals surface area (Å²) in [7, 11) is 0. The minimum atomic E-state index is -0.0688. The van der Waals surface area contributed by atoms with Gasteiger partial charge >= 0.3 is 0 Å². The van der Waals surface area contributed by atoms with Gasteiger partial charge in [-0.2, -0.15) is 0 Å². The van der Waals surface area contributed by atoms with Gasteiger partial charge < -0.3 is 14.6 Å². The maximum absolute atomic E-state index is 12.3. The second-order valence-corrected chi connectivity index (χ2v) is 6.73. The van der Waals surface area contributed by atoms with Gasteiger partial charge in [0.1, 0.15) is 17.4 Å². The van der Waals surface area contributed by atoms with Crippen LogP contribution < -0.4 is 10.1 Å². The van der Waals surface area contributed by atoms with E-state index in [1.807, 2.05) is 12.1 Å². The summed E-state index contributed by atoms with van der Waals surface area (Å²) in [5, 5.41) is 11.6. The maximum Gasteiger partial charge on any atom is 0.251 e. The molecule has 1 N–H and O–H groups in total. The molecule has 0 saturated heterocycles. The Morgan fingerprint density at radius 3 is 2.85 bits per heavy atom. The molecular formula is C20H28N4O2. The van der Waals surface area contributed by atoms with Crippen molar-refractivity contribution in [2.24, 2.45) is 0 Å². The van der Waals surface area contributed by atoms with Gasteiger partial charge in [0.25, 0.3) is 5.91 Å². The van der Waals surface area contributed by atoms with Crippen LogP contribution in [0.4, 0.5) is 0 Å². The average molecular weight is 356 g/mol. The van der Waals surface area contributed by atoms with Gasteiger partial charge in [0.15, 0.2) is 0 Å². The number of ether oxygens (including phenoxy) is 1. The quantitative estimate of drug-likeness (QED) is 0.738. The molecule has 3 rings (SSSR count). The highest BCUT2D eigenvalue weighted by molar-refractivity contribution is 5.94. The molecule has 0 spiro atoms. The Labute approximate surface area is 155 Å². The number of aryl methyl sites for hydroxylation is 1. The van der Waals surface area contributed by atoms with Crippen LogP contribution in [0, 0.1) is 0 Å². The van der Waals surface area contributed by atoms with Gasteiger partial charge in [-0.1, -0.05) is 19.8 Å². The number of hydrogen-bond donors (Lipinski definition) is 1. The number of unbranched alkanes of at least 4 members (excludes halogenated alkanes) is 1. The Hall–Kier alpha value is -2.37. The van der Waals surface area contributed by atoms with Gasteiger partial charge in [-0.15, -0.1) is 10.2 Å². The molecule has 0 aliphatic carbocycles. The van der Waals surface area contributed by atoms with E-state index in [1.54, 1.807) is 12.1 Å². The van der Waals surface area contributed by atoms with Crippen LogP contribution in [0.15, 0.2) is 24.3 Å². The highest BCUT2D eigenvalue weighted by atomic mass is 16.5. The Balaban J connectivity index is 1.47. The number of nitrogens with one attached hydrogen (secondary N) is 1. The smallest absolute Gasteiger partial charge is 0.251 e. The molecule has 0 unspecified atom stereocenters. The molecule has 1 amide bonds. The van der Waals surface area contributed by atoms with E-state index >= 15 is 0 Å². The van der Waals surface area contributed by atoms with Gasteiger partial charge in [0.05, 0.1) is 6.61 Å². The minimum absolute atomic E-state index is 0.0688. The van der Waals surface area contributed by atoms with Crippen molar-refractivity contribution in [3.8, 4) is 5.75 Å². The van der Waals surface area contributed by atoms with Crippen LogP contribution in [0.5, 0.6) is 5.75 Å². The lowest BCUT2D eigenvalue weighted by Gasteiger charge is -2.09. The lowest BCUT2D eigenvalue weighted by molar-refractivity contribution is 0.0954. The molecule has 26 heavy (non-hydrogen) atoms. The normalized spacial score (nSPS) is 13.7. The molecular weight excluding hydrogens is 328 g/mol. The first-order valence-electron chi connectivity index (χ1n) is 9.70. The van der Waals surface area contributed by atoms with Crippen LogP contribution in [-0.2, 0) is 19.4 Å². The monoisotopic (exact) mass is 356 g/mol. The van der Waals surface area contributed by atoms with Crippen molar-refractivity contribution >= 4 is 5.91 Å². The zero-order valence-electron chi connectivity index (χ0n) is 15.5. The zero-order valence-corrected chi connectivity index (χ0v) is 15.5. The van der Waals surface area contributed by atoms with Gasteiger partial charge in [-0.3, -0.25) is 4.79 Å². The van der Waals surface area contributed by atoms with E-state index in [1.165, 1.54) is 19.3 Å². The summed E-state index contributed by atoms with van der Waals surface area (Å²) in [6.45, 7) is 4.40. The number of amides is 1. The molecule has 0 bridgehead atoms. The number of carbonyl (C=O) groups excluding carboxylic acids is 1. The van der Waals surface area contributed by atoms with E-state index in [4.69, 9.17) is 4.74 Å². The molecule has 0 atom stereocenters. The van der Waals surface area contributed by atoms with Crippen LogP contribution in [0.1, 0.15) is 61.0 Å². The fourth-order valence-corrected chi connectivity index (χ4v) is 3.16. The van der Waals surface area contributed by atoms with Crippen LogP contribution in [0.25, 0.3) is 0 Å². The molecule has 0 radical (unpaired) electrons. The number of hydrogen-bond acceptors (Lipinski definition) is 4. The molecule has 0 fully saturated rings. The number of fused-ring (bicyclic) bond motifs is 1. The third kappa shape index (κ3) is 4.84. The first kappa shape index (κ1) is 18.4. The molecule has 1 aromatic carbocycles. The van der Waals surface area contributed by atoms with Crippen molar-refractivity contribution in [3.63, 3.8) is 0 Å². The first-order valence-corrected chi connectivity index (χ1v) is 9.70. The lowest BCUT2D eigenvalue weighted by Crippen LogP contribution is -2.26. The van der Waals surface area contributed by atoms with E-state index in [0.717, 1.165) is 43.2 Å². The molecule has 1 aliphatic rings. The summed E-state index contributed by atoms with van der Waals surface area (Å²) < 4.78 is 7.85. The van der Waals surface area contributed by atoms with E-state index in [-0.39, 0.29) is 5.91 Å². The van der Waals surface area contributed by atoms with Crippen molar-refractivity contribution in [1.29, 1.82) is 0 Å². The second kappa shape index (κ2) is 9.36. The molecule has 140 valence electrons. The van der Waals surface area contributed by atoms with Gasteiger partial charge in [-0.25, -0.2) is 0 Å². The maximum atomic E-state index is 12.3. The zero-order chi connectivity index (χ0) is 18.2. The fraction of sp³-hybridized carbons (Fsp3) is 0.550. The number of rotatable bonds is 8. The van der Waals surface area contributed by atoms with Gasteiger partial charge in [0, 0.05) is 31.5 Å². The largest absolute Gasteiger partial charge is 0.494 e. The topological polar surface area (TPSA) is 69.0 Å². The number of nitrogens with zero attached hydrogens (tertiary/aromatic N) is 3. The SMILES string of the molecule is CCCCOc1ccc(C(=O)NCCc2nnc3n2CCCCC3)cc1. The van der Waals surface area contributed by atoms with Crippen molar-refractivity contribution < 1.29 is 9.53 Å². The molecule has 1 aliphatic heterocycles. The Morgan fingerprint density at radius 1 is 1.19 bits per heavy atom. The van der Waals surface area contributed by atoms with E-state index in [2.05, 4.69) is 27.0 Å². The van der Waals surface area contributed by atoms with Crippen LogP contribution in [0.2, 0.25) is 0 Å². The minimum Gasteiger partial charge on any atom is -0.494 e. The Bertz CT molecular complexity index is 709. The Kier molecular flexibility index (Phi) is 6.63. The highest BCUT2D eigenvalue weighted by Gasteiger charge is 2.14. The predicted molar refractivity (Wildman–Crippen MR) is 100 cm³/mol. The highest BCUT2D eigenvalue weighted by Crippen LogP contribution is 2.15. The van der Waals surface area contributed by atoms with E-state index in [0.29, 0.717) is 25.1 Å². The van der Waals surface area contributed by atoms with Gasteiger partial charge in [0.2, 0.25) is 0 Å². The summed E-state index contributed by atoms with van der Waals surface area (Å²) in [6, 6.07) is 7.31. The summed E-state index contributed by atoms with van der Waals surface area (Å²) >= 11 is 0.